The Balaban J connectivity index is 0.00000162. The molecule has 2 nitrogen and oxygen atoms in total. The van der Waals surface area contributed by atoms with Crippen molar-refractivity contribution in [3.8, 4) is 0 Å². The molecule has 1 unspecified atom stereocenters. The summed E-state index contributed by atoms with van der Waals surface area (Å²) in [6.45, 7) is 3.47. The summed E-state index contributed by atoms with van der Waals surface area (Å²) in [6.07, 6.45) is -4.29. The molecule has 1 heterocycles. The summed E-state index contributed by atoms with van der Waals surface area (Å²) < 4.78 is 42.9. The van der Waals surface area contributed by atoms with Gasteiger partial charge in [-0.2, -0.15) is 13.2 Å². The highest BCUT2D eigenvalue weighted by Crippen LogP contribution is 2.33. The molecule has 102 valence electrons. The smallest absolute Gasteiger partial charge is 0.375 e. The Hall–Kier alpha value is -0.780. The van der Waals surface area contributed by atoms with Gasteiger partial charge in [0.1, 0.15) is 0 Å². The summed E-state index contributed by atoms with van der Waals surface area (Å²) in [4.78, 5) is 0. The van der Waals surface area contributed by atoms with Gasteiger partial charge >= 0.3 is 6.18 Å². The maximum atomic E-state index is 12.5. The molecule has 0 amide bonds. The lowest BCUT2D eigenvalue weighted by molar-refractivity contribution is -0.137. The zero-order valence-corrected chi connectivity index (χ0v) is 10.7. The van der Waals surface area contributed by atoms with E-state index >= 15 is 0 Å². The fraction of sp³-hybridized carbons (Fsp3) is 0.500. The van der Waals surface area contributed by atoms with Crippen LogP contribution in [-0.4, -0.2) is 13.2 Å². The molecule has 1 atom stereocenters. The van der Waals surface area contributed by atoms with Crippen molar-refractivity contribution >= 4 is 12.4 Å². The van der Waals surface area contributed by atoms with Gasteiger partial charge in [-0.15, -0.1) is 12.4 Å². The molecule has 0 fully saturated rings. The molecule has 2 rings (SSSR count). The van der Waals surface area contributed by atoms with E-state index < -0.39 is 11.7 Å². The fourth-order valence-electron chi connectivity index (χ4n) is 2.04. The van der Waals surface area contributed by atoms with E-state index in [0.29, 0.717) is 12.2 Å². The van der Waals surface area contributed by atoms with Gasteiger partial charge in [0.15, 0.2) is 0 Å². The second-order valence-electron chi connectivity index (χ2n) is 4.04. The Morgan fingerprint density at radius 2 is 2.11 bits per heavy atom. The average Bonchev–Trinajstić information content (AvgIpc) is 2.28. The molecule has 0 bridgehead atoms. The van der Waals surface area contributed by atoms with Crippen LogP contribution in [0.15, 0.2) is 18.2 Å². The quantitative estimate of drug-likeness (QED) is 0.898. The number of nitrogens with one attached hydrogen (secondary N) is 1. The first-order chi connectivity index (χ1) is 8.02. The molecule has 1 N–H and O–H groups in total. The molecule has 0 spiro atoms. The van der Waals surface area contributed by atoms with Crippen molar-refractivity contribution in [2.24, 2.45) is 0 Å². The number of benzene rings is 1. The number of likely N-dealkylation sites (N-methyl/N-ethyl adjacent to an activating group) is 1. The molecule has 1 aliphatic heterocycles. The van der Waals surface area contributed by atoms with Crippen molar-refractivity contribution in [2.75, 3.05) is 13.2 Å². The van der Waals surface area contributed by atoms with Crippen LogP contribution in [0.1, 0.15) is 29.7 Å². The van der Waals surface area contributed by atoms with E-state index in [4.69, 9.17) is 4.74 Å². The molecule has 0 saturated carbocycles. The number of fused-ring (bicyclic) bond motifs is 1. The van der Waals surface area contributed by atoms with Gasteiger partial charge in [0, 0.05) is 0 Å². The Labute approximate surface area is 110 Å². The molecule has 0 aromatic heterocycles. The largest absolute Gasteiger partial charge is 0.416 e. The van der Waals surface area contributed by atoms with Crippen molar-refractivity contribution in [2.45, 2.75) is 25.7 Å². The van der Waals surface area contributed by atoms with Crippen LogP contribution in [0.5, 0.6) is 0 Å². The van der Waals surface area contributed by atoms with Gasteiger partial charge in [-0.05, 0) is 29.8 Å². The summed E-state index contributed by atoms with van der Waals surface area (Å²) >= 11 is 0. The predicted octanol–water partition coefficient (Wildman–Crippen LogP) is 3.31. The van der Waals surface area contributed by atoms with Crippen LogP contribution in [0.3, 0.4) is 0 Å². The van der Waals surface area contributed by atoms with Gasteiger partial charge < -0.3 is 10.1 Å². The first-order valence-electron chi connectivity index (χ1n) is 5.53. The third-order valence-electron chi connectivity index (χ3n) is 2.84. The van der Waals surface area contributed by atoms with E-state index in [9.17, 15) is 13.2 Å². The van der Waals surface area contributed by atoms with Crippen molar-refractivity contribution in [3.05, 3.63) is 34.9 Å². The summed E-state index contributed by atoms with van der Waals surface area (Å²) in [5.74, 6) is 0. The number of hydrogen-bond acceptors (Lipinski definition) is 2. The molecule has 0 aliphatic carbocycles. The molecule has 1 aromatic rings. The lowest BCUT2D eigenvalue weighted by Crippen LogP contribution is -2.29. The van der Waals surface area contributed by atoms with Gasteiger partial charge in [0.05, 0.1) is 24.8 Å². The van der Waals surface area contributed by atoms with E-state index in [1.165, 1.54) is 6.07 Å². The van der Waals surface area contributed by atoms with Gasteiger partial charge in [0.2, 0.25) is 0 Å². The van der Waals surface area contributed by atoms with Crippen molar-refractivity contribution in [1.29, 1.82) is 0 Å². The van der Waals surface area contributed by atoms with Gasteiger partial charge in [-0.1, -0.05) is 13.0 Å². The fourth-order valence-corrected chi connectivity index (χ4v) is 2.04. The summed E-state index contributed by atoms with van der Waals surface area (Å²) in [5.41, 5.74) is 0.917. The van der Waals surface area contributed by atoms with Crippen LogP contribution >= 0.6 is 12.4 Å². The highest BCUT2D eigenvalue weighted by molar-refractivity contribution is 5.85. The zero-order valence-electron chi connectivity index (χ0n) is 9.88. The van der Waals surface area contributed by atoms with Crippen LogP contribution in [0, 0.1) is 0 Å². The Morgan fingerprint density at radius 1 is 1.39 bits per heavy atom. The predicted molar refractivity (Wildman–Crippen MR) is 64.8 cm³/mol. The Bertz CT molecular complexity index is 409. The van der Waals surface area contributed by atoms with Gasteiger partial charge in [0.25, 0.3) is 0 Å². The van der Waals surface area contributed by atoms with Crippen molar-refractivity contribution in [3.63, 3.8) is 0 Å². The summed E-state index contributed by atoms with van der Waals surface area (Å²) in [5, 5.41) is 3.19. The van der Waals surface area contributed by atoms with Crippen LogP contribution < -0.4 is 5.32 Å². The van der Waals surface area contributed by atoms with E-state index in [2.05, 4.69) is 5.32 Å². The topological polar surface area (TPSA) is 21.3 Å². The SMILES string of the molecule is CCNC1COCc2cc(C(F)(F)F)ccc21.Cl. The minimum Gasteiger partial charge on any atom is -0.375 e. The minimum atomic E-state index is -4.29. The van der Waals surface area contributed by atoms with Crippen LogP contribution in [0.4, 0.5) is 13.2 Å². The Morgan fingerprint density at radius 3 is 2.72 bits per heavy atom. The first kappa shape index (κ1) is 15.3. The Kier molecular flexibility index (Phi) is 5.01. The maximum Gasteiger partial charge on any atom is 0.416 e. The lowest BCUT2D eigenvalue weighted by Gasteiger charge is -2.27. The number of ether oxygens (including phenoxy) is 1. The molecule has 1 aliphatic rings. The first-order valence-corrected chi connectivity index (χ1v) is 5.53. The normalized spacial score (nSPS) is 19.0. The second kappa shape index (κ2) is 5.91. The second-order valence-corrected chi connectivity index (χ2v) is 4.04. The molecular weight excluding hydrogens is 267 g/mol. The average molecular weight is 282 g/mol. The van der Waals surface area contributed by atoms with Crippen LogP contribution in [0.2, 0.25) is 0 Å². The molecule has 6 heteroatoms. The third-order valence-corrected chi connectivity index (χ3v) is 2.84. The molecule has 18 heavy (non-hydrogen) atoms. The van der Waals surface area contributed by atoms with E-state index in [1.54, 1.807) is 6.07 Å². The summed E-state index contributed by atoms with van der Waals surface area (Å²) in [6, 6.07) is 3.85. The molecular formula is C12H15ClF3NO. The van der Waals surface area contributed by atoms with Gasteiger partial charge in [-0.25, -0.2) is 0 Å². The maximum absolute atomic E-state index is 12.5. The van der Waals surface area contributed by atoms with E-state index in [1.807, 2.05) is 6.92 Å². The highest BCUT2D eigenvalue weighted by Gasteiger charge is 2.32. The molecule has 0 saturated heterocycles. The number of halogens is 4. The number of alkyl halides is 3. The standard InChI is InChI=1S/C12H14F3NO.ClH/c1-2-16-11-7-17-6-8-5-9(12(13,14)15)3-4-10(8)11;/h3-5,11,16H,2,6-7H2,1H3;1H. The van der Waals surface area contributed by atoms with Crippen LogP contribution in [-0.2, 0) is 17.5 Å². The van der Waals surface area contributed by atoms with Gasteiger partial charge in [-0.3, -0.25) is 0 Å². The molecule has 0 radical (unpaired) electrons. The monoisotopic (exact) mass is 281 g/mol. The van der Waals surface area contributed by atoms with Crippen molar-refractivity contribution < 1.29 is 17.9 Å². The highest BCUT2D eigenvalue weighted by atomic mass is 35.5. The van der Waals surface area contributed by atoms with Crippen LogP contribution in [0.25, 0.3) is 0 Å². The van der Waals surface area contributed by atoms with E-state index in [0.717, 1.165) is 18.2 Å². The van der Waals surface area contributed by atoms with Crippen molar-refractivity contribution in [1.82, 2.24) is 5.32 Å². The van der Waals surface area contributed by atoms with E-state index in [-0.39, 0.29) is 25.1 Å². The minimum absolute atomic E-state index is 0. The zero-order chi connectivity index (χ0) is 12.5. The number of hydrogen-bond donors (Lipinski definition) is 1. The number of rotatable bonds is 2. The molecule has 1 aromatic carbocycles. The summed E-state index contributed by atoms with van der Waals surface area (Å²) in [7, 11) is 0. The lowest BCUT2D eigenvalue weighted by atomic mass is 9.96. The third kappa shape index (κ3) is 3.16.